The number of aliphatic hydroxyl groups is 1. The Hall–Kier alpha value is -3.93. The number of Topliss-reactive ketones (excluding diaryl/α,β-unsaturated/α-hetero) is 1. The second-order valence-corrected chi connectivity index (χ2v) is 9.33. The Bertz CT molecular complexity index is 1310. The summed E-state index contributed by atoms with van der Waals surface area (Å²) in [6, 6.07) is 15.4. The minimum atomic E-state index is -0.853. The highest BCUT2D eigenvalue weighted by Gasteiger charge is 2.48. The van der Waals surface area contributed by atoms with Crippen molar-refractivity contribution < 1.29 is 19.4 Å². The molecule has 1 N–H and O–H groups in total. The van der Waals surface area contributed by atoms with Gasteiger partial charge in [-0.1, -0.05) is 32.0 Å². The van der Waals surface area contributed by atoms with E-state index in [1.54, 1.807) is 42.6 Å². The second kappa shape index (κ2) is 9.74. The molecular formula is C29H30N2O4. The van der Waals surface area contributed by atoms with Gasteiger partial charge < -0.3 is 9.84 Å². The Kier molecular flexibility index (Phi) is 6.74. The van der Waals surface area contributed by atoms with Gasteiger partial charge in [0.25, 0.3) is 11.7 Å². The van der Waals surface area contributed by atoms with E-state index in [2.05, 4.69) is 18.8 Å². The Morgan fingerprint density at radius 2 is 1.80 bits per heavy atom. The number of pyridine rings is 1. The number of ketones is 1. The van der Waals surface area contributed by atoms with E-state index in [0.29, 0.717) is 35.2 Å². The molecule has 6 nitrogen and oxygen atoms in total. The summed E-state index contributed by atoms with van der Waals surface area (Å²) in [6.45, 7) is 10.5. The average molecular weight is 471 g/mol. The fourth-order valence-corrected chi connectivity index (χ4v) is 4.27. The summed E-state index contributed by atoms with van der Waals surface area (Å²) in [4.78, 5) is 32.6. The number of aromatic nitrogens is 1. The highest BCUT2D eigenvalue weighted by atomic mass is 16.5. The molecule has 2 heterocycles. The van der Waals surface area contributed by atoms with E-state index in [1.807, 2.05) is 39.0 Å². The van der Waals surface area contributed by atoms with Crippen molar-refractivity contribution in [3.63, 3.8) is 0 Å². The van der Waals surface area contributed by atoms with Crippen molar-refractivity contribution in [2.24, 2.45) is 5.92 Å². The molecule has 1 aromatic heterocycles. The zero-order chi connectivity index (χ0) is 25.3. The van der Waals surface area contributed by atoms with Gasteiger partial charge in [-0.25, -0.2) is 0 Å². The standard InChI is InChI=1S/C29H30N2O4/c1-17(2)16-35-24-13-12-21(15-19(24)4)27(32)25-26(22-10-6-7-14-30-22)31(29(34)28(25)33)23-11-8-9-18(3)20(23)5/h6-15,17,26,32H,16H2,1-5H3/b27-25+. The molecule has 6 heteroatoms. The molecule has 0 saturated carbocycles. The molecule has 1 fully saturated rings. The third-order valence-electron chi connectivity index (χ3n) is 6.27. The first-order valence-corrected chi connectivity index (χ1v) is 11.7. The number of ether oxygens (including phenoxy) is 1. The Morgan fingerprint density at radius 1 is 1.03 bits per heavy atom. The molecule has 1 saturated heterocycles. The van der Waals surface area contributed by atoms with E-state index in [4.69, 9.17) is 4.74 Å². The smallest absolute Gasteiger partial charge is 0.300 e. The molecule has 0 radical (unpaired) electrons. The summed E-state index contributed by atoms with van der Waals surface area (Å²) >= 11 is 0. The Balaban J connectivity index is 1.87. The Morgan fingerprint density at radius 3 is 2.46 bits per heavy atom. The third-order valence-corrected chi connectivity index (χ3v) is 6.27. The number of benzene rings is 2. The van der Waals surface area contributed by atoms with Crippen LogP contribution in [0.3, 0.4) is 0 Å². The molecule has 1 unspecified atom stereocenters. The lowest BCUT2D eigenvalue weighted by Gasteiger charge is -2.26. The highest BCUT2D eigenvalue weighted by molar-refractivity contribution is 6.51. The number of hydrogen-bond donors (Lipinski definition) is 1. The van der Waals surface area contributed by atoms with Gasteiger partial charge in [0.05, 0.1) is 17.9 Å². The summed E-state index contributed by atoms with van der Waals surface area (Å²) in [5, 5.41) is 11.4. The lowest BCUT2D eigenvalue weighted by molar-refractivity contribution is -0.132. The number of nitrogens with zero attached hydrogens (tertiary/aromatic N) is 2. The first kappa shape index (κ1) is 24.2. The van der Waals surface area contributed by atoms with Gasteiger partial charge >= 0.3 is 0 Å². The number of hydrogen-bond acceptors (Lipinski definition) is 5. The average Bonchev–Trinajstić information content (AvgIpc) is 3.10. The fourth-order valence-electron chi connectivity index (χ4n) is 4.27. The Labute approximate surface area is 205 Å². The summed E-state index contributed by atoms with van der Waals surface area (Å²) in [6.07, 6.45) is 1.61. The van der Waals surface area contributed by atoms with Crippen LogP contribution in [0.15, 0.2) is 66.4 Å². The van der Waals surface area contributed by atoms with Crippen molar-refractivity contribution in [1.29, 1.82) is 0 Å². The zero-order valence-electron chi connectivity index (χ0n) is 20.7. The van der Waals surface area contributed by atoms with Gasteiger partial charge in [0, 0.05) is 17.4 Å². The SMILES string of the molecule is Cc1cc(/C(O)=C2\C(=O)C(=O)N(c3cccc(C)c3C)C2c2ccccn2)ccc1OCC(C)C. The monoisotopic (exact) mass is 470 g/mol. The lowest BCUT2D eigenvalue weighted by atomic mass is 9.97. The predicted molar refractivity (Wildman–Crippen MR) is 136 cm³/mol. The van der Waals surface area contributed by atoms with Crippen LogP contribution in [0.4, 0.5) is 5.69 Å². The fraction of sp³-hybridized carbons (Fsp3) is 0.276. The maximum absolute atomic E-state index is 13.4. The van der Waals surface area contributed by atoms with Crippen LogP contribution in [0.1, 0.15) is 47.8 Å². The van der Waals surface area contributed by atoms with E-state index in [-0.39, 0.29) is 11.3 Å². The number of anilines is 1. The topological polar surface area (TPSA) is 79.7 Å². The van der Waals surface area contributed by atoms with Crippen LogP contribution in [0.2, 0.25) is 0 Å². The van der Waals surface area contributed by atoms with Gasteiger partial charge in [-0.15, -0.1) is 0 Å². The van der Waals surface area contributed by atoms with Crippen LogP contribution in [-0.2, 0) is 9.59 Å². The zero-order valence-corrected chi connectivity index (χ0v) is 20.7. The molecule has 180 valence electrons. The maximum atomic E-state index is 13.4. The van der Waals surface area contributed by atoms with E-state index >= 15 is 0 Å². The van der Waals surface area contributed by atoms with Crippen LogP contribution >= 0.6 is 0 Å². The van der Waals surface area contributed by atoms with Crippen molar-refractivity contribution in [3.05, 3.63) is 94.3 Å². The first-order chi connectivity index (χ1) is 16.7. The van der Waals surface area contributed by atoms with Crippen LogP contribution in [0, 0.1) is 26.7 Å². The minimum Gasteiger partial charge on any atom is -0.507 e. The number of carbonyl (C=O) groups excluding carboxylic acids is 2. The summed E-state index contributed by atoms with van der Waals surface area (Å²) in [7, 11) is 0. The van der Waals surface area contributed by atoms with Crippen molar-refractivity contribution >= 4 is 23.1 Å². The molecule has 0 aliphatic carbocycles. The molecule has 35 heavy (non-hydrogen) atoms. The molecule has 3 aromatic rings. The van der Waals surface area contributed by atoms with Crippen LogP contribution in [0.5, 0.6) is 5.75 Å². The molecule has 1 aliphatic heterocycles. The van der Waals surface area contributed by atoms with Crippen molar-refractivity contribution in [2.75, 3.05) is 11.5 Å². The lowest BCUT2D eigenvalue weighted by Crippen LogP contribution is -2.30. The number of carbonyl (C=O) groups is 2. The highest BCUT2D eigenvalue weighted by Crippen LogP contribution is 2.43. The van der Waals surface area contributed by atoms with Gasteiger partial charge in [0.2, 0.25) is 0 Å². The van der Waals surface area contributed by atoms with Gasteiger partial charge in [0.1, 0.15) is 17.6 Å². The molecule has 2 aromatic carbocycles. The largest absolute Gasteiger partial charge is 0.507 e. The summed E-state index contributed by atoms with van der Waals surface area (Å²) in [5.41, 5.74) is 4.30. The van der Waals surface area contributed by atoms with Crippen molar-refractivity contribution in [2.45, 2.75) is 40.7 Å². The molecule has 1 atom stereocenters. The molecule has 4 rings (SSSR count). The summed E-state index contributed by atoms with van der Waals surface area (Å²) in [5.74, 6) is -0.569. The normalized spacial score (nSPS) is 17.3. The molecule has 0 spiro atoms. The molecular weight excluding hydrogens is 440 g/mol. The molecule has 1 amide bonds. The number of aryl methyl sites for hydroxylation is 2. The van der Waals surface area contributed by atoms with Crippen LogP contribution in [0.25, 0.3) is 5.76 Å². The van der Waals surface area contributed by atoms with E-state index in [9.17, 15) is 14.7 Å². The molecule has 1 aliphatic rings. The van der Waals surface area contributed by atoms with Crippen molar-refractivity contribution in [1.82, 2.24) is 4.98 Å². The van der Waals surface area contributed by atoms with Gasteiger partial charge in [-0.3, -0.25) is 19.5 Å². The number of rotatable bonds is 6. The van der Waals surface area contributed by atoms with E-state index in [0.717, 1.165) is 16.7 Å². The predicted octanol–water partition coefficient (Wildman–Crippen LogP) is 5.67. The van der Waals surface area contributed by atoms with Gasteiger partial charge in [-0.2, -0.15) is 0 Å². The van der Waals surface area contributed by atoms with Gasteiger partial charge in [0.15, 0.2) is 0 Å². The maximum Gasteiger partial charge on any atom is 0.300 e. The third kappa shape index (κ3) is 4.56. The van der Waals surface area contributed by atoms with E-state index in [1.165, 1.54) is 4.90 Å². The van der Waals surface area contributed by atoms with Crippen LogP contribution in [-0.4, -0.2) is 28.4 Å². The second-order valence-electron chi connectivity index (χ2n) is 9.33. The van der Waals surface area contributed by atoms with Crippen molar-refractivity contribution in [3.8, 4) is 5.75 Å². The summed E-state index contributed by atoms with van der Waals surface area (Å²) < 4.78 is 5.85. The number of amides is 1. The quantitative estimate of drug-likeness (QED) is 0.285. The minimum absolute atomic E-state index is 0.0184. The van der Waals surface area contributed by atoms with Gasteiger partial charge in [-0.05, 0) is 79.8 Å². The molecule has 0 bridgehead atoms. The van der Waals surface area contributed by atoms with Crippen LogP contribution < -0.4 is 9.64 Å². The number of aliphatic hydroxyl groups excluding tert-OH is 1. The van der Waals surface area contributed by atoms with E-state index < -0.39 is 17.7 Å². The first-order valence-electron chi connectivity index (χ1n) is 11.7.